The average molecular weight is 458 g/mol. The van der Waals surface area contributed by atoms with E-state index in [9.17, 15) is 9.59 Å². The van der Waals surface area contributed by atoms with E-state index in [0.717, 1.165) is 16.6 Å². The van der Waals surface area contributed by atoms with Crippen LogP contribution in [0.15, 0.2) is 72.8 Å². The zero-order chi connectivity index (χ0) is 24.1. The minimum Gasteiger partial charge on any atom is -0.497 e. The molecule has 0 spiro atoms. The Hall–Kier alpha value is -4.20. The summed E-state index contributed by atoms with van der Waals surface area (Å²) in [5, 5.41) is 11.1. The average Bonchev–Trinajstić information content (AvgIpc) is 3.26. The zero-order valence-electron chi connectivity index (χ0n) is 19.4. The quantitative estimate of drug-likeness (QED) is 0.435. The van der Waals surface area contributed by atoms with Crippen LogP contribution in [0.3, 0.4) is 0 Å². The van der Waals surface area contributed by atoms with Crippen molar-refractivity contribution in [3.63, 3.8) is 0 Å². The number of aryl methyl sites for hydroxylation is 1. The molecule has 8 nitrogen and oxygen atoms in total. The molecule has 0 saturated heterocycles. The predicted octanol–water partition coefficient (Wildman–Crippen LogP) is 3.80. The van der Waals surface area contributed by atoms with E-state index < -0.39 is 6.04 Å². The van der Waals surface area contributed by atoms with Gasteiger partial charge in [-0.3, -0.25) is 9.59 Å². The minimum atomic E-state index is -0.717. The summed E-state index contributed by atoms with van der Waals surface area (Å²) in [7, 11) is 1.59. The van der Waals surface area contributed by atoms with E-state index in [1.165, 1.54) is 0 Å². The molecule has 1 unspecified atom stereocenters. The Morgan fingerprint density at radius 3 is 2.44 bits per heavy atom. The lowest BCUT2D eigenvalue weighted by Crippen LogP contribution is -2.46. The van der Waals surface area contributed by atoms with Crippen molar-refractivity contribution < 1.29 is 14.3 Å². The van der Waals surface area contributed by atoms with Gasteiger partial charge in [-0.15, -0.1) is 5.10 Å². The van der Waals surface area contributed by atoms with Crippen LogP contribution in [0.25, 0.3) is 11.0 Å². The molecule has 2 amide bonds. The molecule has 4 rings (SSSR count). The lowest BCUT2D eigenvalue weighted by Gasteiger charge is -2.29. The van der Waals surface area contributed by atoms with Crippen molar-refractivity contribution in [2.24, 2.45) is 0 Å². The number of hydrogen-bond acceptors (Lipinski definition) is 5. The highest BCUT2D eigenvalue weighted by Gasteiger charge is 2.27. The van der Waals surface area contributed by atoms with Gasteiger partial charge in [-0.2, -0.15) is 0 Å². The number of aromatic nitrogens is 3. The van der Waals surface area contributed by atoms with Gasteiger partial charge in [0.2, 0.25) is 11.8 Å². The van der Waals surface area contributed by atoms with Crippen LogP contribution in [0.4, 0.5) is 5.69 Å². The highest BCUT2D eigenvalue weighted by atomic mass is 16.5. The third-order valence-electron chi connectivity index (χ3n) is 5.70. The number of nitrogens with one attached hydrogen (secondary N) is 1. The molecule has 1 N–H and O–H groups in total. The number of fused-ring (bicyclic) bond motifs is 1. The maximum atomic E-state index is 13.4. The molecule has 0 aliphatic heterocycles. The topological polar surface area (TPSA) is 89.4 Å². The third-order valence-corrected chi connectivity index (χ3v) is 5.70. The van der Waals surface area contributed by atoms with Gasteiger partial charge in [-0.05, 0) is 55.8 Å². The van der Waals surface area contributed by atoms with Crippen molar-refractivity contribution in [1.82, 2.24) is 19.9 Å². The van der Waals surface area contributed by atoms with Gasteiger partial charge < -0.3 is 15.0 Å². The lowest BCUT2D eigenvalue weighted by molar-refractivity contribution is -0.139. The smallest absolute Gasteiger partial charge is 0.246 e. The second kappa shape index (κ2) is 10.2. The molecule has 4 aromatic rings. The van der Waals surface area contributed by atoms with Crippen LogP contribution in [-0.2, 0) is 22.7 Å². The lowest BCUT2D eigenvalue weighted by atomic mass is 10.1. The Balaban J connectivity index is 1.56. The molecular weight excluding hydrogens is 430 g/mol. The van der Waals surface area contributed by atoms with E-state index >= 15 is 0 Å². The summed E-state index contributed by atoms with van der Waals surface area (Å²) < 4.78 is 6.73. The molecule has 34 heavy (non-hydrogen) atoms. The summed E-state index contributed by atoms with van der Waals surface area (Å²) in [5.41, 5.74) is 4.17. The summed E-state index contributed by atoms with van der Waals surface area (Å²) in [6.45, 7) is 4.01. The number of methoxy groups -OCH3 is 1. The van der Waals surface area contributed by atoms with Crippen molar-refractivity contribution in [2.45, 2.75) is 33.0 Å². The Morgan fingerprint density at radius 1 is 1.03 bits per heavy atom. The van der Waals surface area contributed by atoms with E-state index in [-0.39, 0.29) is 18.4 Å². The van der Waals surface area contributed by atoms with Gasteiger partial charge in [0, 0.05) is 12.2 Å². The molecular formula is C26H27N5O3. The maximum Gasteiger partial charge on any atom is 0.246 e. The Labute approximate surface area is 198 Å². The van der Waals surface area contributed by atoms with Crippen molar-refractivity contribution in [1.29, 1.82) is 0 Å². The molecule has 0 fully saturated rings. The molecule has 8 heteroatoms. The number of anilines is 1. The molecule has 0 saturated carbocycles. The summed E-state index contributed by atoms with van der Waals surface area (Å²) in [6.07, 6.45) is 0. The fourth-order valence-electron chi connectivity index (χ4n) is 3.65. The molecule has 0 aliphatic carbocycles. The summed E-state index contributed by atoms with van der Waals surface area (Å²) in [6, 6.07) is 21.7. The normalized spacial score (nSPS) is 11.7. The number of benzene rings is 3. The monoisotopic (exact) mass is 457 g/mol. The van der Waals surface area contributed by atoms with Crippen LogP contribution in [0.5, 0.6) is 5.75 Å². The SMILES string of the molecule is COc1ccc(NC(=O)C(C)N(Cc2ccc(C)cc2)C(=O)Cn2nnc3ccccc32)cc1. The predicted molar refractivity (Wildman–Crippen MR) is 130 cm³/mol. The first-order chi connectivity index (χ1) is 16.4. The molecule has 174 valence electrons. The van der Waals surface area contributed by atoms with Crippen molar-refractivity contribution >= 4 is 28.5 Å². The van der Waals surface area contributed by atoms with Crippen LogP contribution >= 0.6 is 0 Å². The summed E-state index contributed by atoms with van der Waals surface area (Å²) in [5.74, 6) is 0.185. The number of rotatable bonds is 8. The van der Waals surface area contributed by atoms with E-state index in [1.807, 2.05) is 55.5 Å². The van der Waals surface area contributed by atoms with E-state index in [0.29, 0.717) is 23.5 Å². The van der Waals surface area contributed by atoms with Crippen LogP contribution in [0.2, 0.25) is 0 Å². The third kappa shape index (κ3) is 5.23. The first-order valence-electron chi connectivity index (χ1n) is 11.0. The Morgan fingerprint density at radius 2 is 1.74 bits per heavy atom. The zero-order valence-corrected chi connectivity index (χ0v) is 19.4. The van der Waals surface area contributed by atoms with Gasteiger partial charge in [0.15, 0.2) is 0 Å². The Bertz CT molecular complexity index is 1280. The first kappa shape index (κ1) is 23.0. The molecule has 0 aliphatic rings. The van der Waals surface area contributed by atoms with E-state index in [2.05, 4.69) is 15.6 Å². The number of nitrogens with zero attached hydrogens (tertiary/aromatic N) is 4. The number of carbonyl (C=O) groups excluding carboxylic acids is 2. The molecule has 0 bridgehead atoms. The van der Waals surface area contributed by atoms with Crippen LogP contribution in [-0.4, -0.2) is 44.9 Å². The number of para-hydroxylation sites is 1. The van der Waals surface area contributed by atoms with E-state index in [4.69, 9.17) is 4.74 Å². The van der Waals surface area contributed by atoms with Crippen LogP contribution < -0.4 is 10.1 Å². The van der Waals surface area contributed by atoms with Crippen molar-refractivity contribution in [2.75, 3.05) is 12.4 Å². The van der Waals surface area contributed by atoms with Gasteiger partial charge in [-0.25, -0.2) is 4.68 Å². The fraction of sp³-hybridized carbons (Fsp3) is 0.231. The largest absolute Gasteiger partial charge is 0.497 e. The highest BCUT2D eigenvalue weighted by Crippen LogP contribution is 2.18. The highest BCUT2D eigenvalue weighted by molar-refractivity contribution is 5.97. The number of ether oxygens (including phenoxy) is 1. The maximum absolute atomic E-state index is 13.4. The molecule has 1 aromatic heterocycles. The van der Waals surface area contributed by atoms with Crippen molar-refractivity contribution in [3.05, 3.63) is 83.9 Å². The second-order valence-electron chi connectivity index (χ2n) is 8.14. The van der Waals surface area contributed by atoms with Gasteiger partial charge in [0.1, 0.15) is 23.9 Å². The van der Waals surface area contributed by atoms with Crippen LogP contribution in [0.1, 0.15) is 18.1 Å². The fourth-order valence-corrected chi connectivity index (χ4v) is 3.65. The van der Waals surface area contributed by atoms with Gasteiger partial charge in [0.25, 0.3) is 0 Å². The molecule has 0 radical (unpaired) electrons. The first-order valence-corrected chi connectivity index (χ1v) is 11.0. The molecule has 1 heterocycles. The number of amides is 2. The Kier molecular flexibility index (Phi) is 6.87. The minimum absolute atomic E-state index is 0.0213. The van der Waals surface area contributed by atoms with Gasteiger partial charge in [0.05, 0.1) is 12.6 Å². The summed E-state index contributed by atoms with van der Waals surface area (Å²) in [4.78, 5) is 28.1. The van der Waals surface area contributed by atoms with E-state index in [1.54, 1.807) is 47.9 Å². The molecule has 3 aromatic carbocycles. The standard InChI is InChI=1S/C26H27N5O3/c1-18-8-10-20(11-9-18)16-30(19(2)26(33)27-21-12-14-22(34-3)15-13-21)25(32)17-31-24-7-5-4-6-23(24)28-29-31/h4-15,19H,16-17H2,1-3H3,(H,27,33). The molecule has 1 atom stereocenters. The number of hydrogen-bond donors (Lipinski definition) is 1. The van der Waals surface area contributed by atoms with Crippen molar-refractivity contribution in [3.8, 4) is 5.75 Å². The van der Waals surface area contributed by atoms with Gasteiger partial charge >= 0.3 is 0 Å². The van der Waals surface area contributed by atoms with Crippen LogP contribution in [0, 0.1) is 6.92 Å². The second-order valence-corrected chi connectivity index (χ2v) is 8.14. The summed E-state index contributed by atoms with van der Waals surface area (Å²) >= 11 is 0. The van der Waals surface area contributed by atoms with Gasteiger partial charge in [-0.1, -0.05) is 47.2 Å². The number of carbonyl (C=O) groups is 2.